The van der Waals surface area contributed by atoms with E-state index in [1.54, 1.807) is 7.11 Å². The van der Waals surface area contributed by atoms with E-state index in [0.29, 0.717) is 12.5 Å². The number of nitrogens with zero attached hydrogens (tertiary/aromatic N) is 1. The highest BCUT2D eigenvalue weighted by Crippen LogP contribution is 2.31. The number of benzene rings is 1. The van der Waals surface area contributed by atoms with E-state index in [1.807, 2.05) is 24.3 Å². The van der Waals surface area contributed by atoms with Crippen molar-refractivity contribution in [1.29, 1.82) is 0 Å². The number of aromatic amines is 1. The van der Waals surface area contributed by atoms with Crippen molar-refractivity contribution in [3.05, 3.63) is 47.3 Å². The lowest BCUT2D eigenvalue weighted by Gasteiger charge is -2.21. The summed E-state index contributed by atoms with van der Waals surface area (Å²) in [5, 5.41) is 3.12. The van der Waals surface area contributed by atoms with Crippen LogP contribution in [0.2, 0.25) is 0 Å². The Bertz CT molecular complexity index is 760. The number of methoxy groups -OCH3 is 1. The zero-order valence-electron chi connectivity index (χ0n) is 15.4. The molecule has 0 bridgehead atoms. The monoisotopic (exact) mass is 353 g/mol. The highest BCUT2D eigenvalue weighted by molar-refractivity contribution is 5.92. The van der Waals surface area contributed by atoms with Gasteiger partial charge in [0.15, 0.2) is 0 Å². The molecule has 5 heteroatoms. The first-order valence-corrected chi connectivity index (χ1v) is 9.61. The van der Waals surface area contributed by atoms with Crippen LogP contribution in [-0.2, 0) is 12.8 Å². The van der Waals surface area contributed by atoms with Crippen molar-refractivity contribution < 1.29 is 9.53 Å². The van der Waals surface area contributed by atoms with E-state index in [1.165, 1.54) is 24.1 Å². The summed E-state index contributed by atoms with van der Waals surface area (Å²) in [6, 6.07) is 10.2. The first-order chi connectivity index (χ1) is 12.7. The van der Waals surface area contributed by atoms with Crippen LogP contribution < -0.4 is 15.0 Å². The maximum atomic E-state index is 12.5. The molecular formula is C21H27N3O2. The van der Waals surface area contributed by atoms with Crippen LogP contribution in [0.1, 0.15) is 41.0 Å². The molecule has 0 spiro atoms. The Morgan fingerprint density at radius 3 is 3.00 bits per heavy atom. The molecule has 1 amide bonds. The van der Waals surface area contributed by atoms with Gasteiger partial charge in [0.2, 0.25) is 0 Å². The van der Waals surface area contributed by atoms with E-state index in [-0.39, 0.29) is 5.91 Å². The van der Waals surface area contributed by atoms with E-state index in [9.17, 15) is 4.79 Å². The summed E-state index contributed by atoms with van der Waals surface area (Å²) in [5.41, 5.74) is 4.44. The lowest BCUT2D eigenvalue weighted by atomic mass is 9.98. The number of ether oxygens (including phenoxy) is 1. The number of anilines is 1. The van der Waals surface area contributed by atoms with Gasteiger partial charge in [-0.25, -0.2) is 0 Å². The van der Waals surface area contributed by atoms with Gasteiger partial charge in [-0.05, 0) is 61.8 Å². The number of aryl methyl sites for hydroxylation is 2. The number of H-pyrrole nitrogens is 1. The Labute approximate surface area is 154 Å². The number of nitrogens with one attached hydrogen (secondary N) is 2. The summed E-state index contributed by atoms with van der Waals surface area (Å²) in [7, 11) is 1.71. The van der Waals surface area contributed by atoms with Crippen molar-refractivity contribution in [2.45, 2.75) is 32.1 Å². The molecule has 2 N–H and O–H groups in total. The topological polar surface area (TPSA) is 57.4 Å². The molecule has 1 saturated heterocycles. The van der Waals surface area contributed by atoms with Crippen molar-refractivity contribution in [1.82, 2.24) is 10.3 Å². The maximum Gasteiger partial charge on any atom is 0.267 e. The molecule has 1 aromatic heterocycles. The average molecular weight is 353 g/mol. The highest BCUT2D eigenvalue weighted by Gasteiger charge is 2.25. The van der Waals surface area contributed by atoms with Gasteiger partial charge in [0, 0.05) is 25.3 Å². The van der Waals surface area contributed by atoms with Crippen LogP contribution in [-0.4, -0.2) is 37.6 Å². The molecule has 0 saturated carbocycles. The molecule has 4 rings (SSSR count). The lowest BCUT2D eigenvalue weighted by Crippen LogP contribution is -2.31. The summed E-state index contributed by atoms with van der Waals surface area (Å²) >= 11 is 0. The van der Waals surface area contributed by atoms with Crippen molar-refractivity contribution >= 4 is 11.6 Å². The second kappa shape index (κ2) is 7.44. The minimum atomic E-state index is 0.0233. The number of aromatic nitrogens is 1. The fourth-order valence-electron chi connectivity index (χ4n) is 4.17. The number of carbonyl (C=O) groups is 1. The molecule has 138 valence electrons. The Hall–Kier alpha value is -2.43. The maximum absolute atomic E-state index is 12.5. The second-order valence-corrected chi connectivity index (χ2v) is 7.38. The molecule has 1 aliphatic carbocycles. The van der Waals surface area contributed by atoms with Crippen LogP contribution in [0.3, 0.4) is 0 Å². The third kappa shape index (κ3) is 3.43. The van der Waals surface area contributed by atoms with Crippen LogP contribution in [0.15, 0.2) is 30.3 Å². The van der Waals surface area contributed by atoms with Gasteiger partial charge >= 0.3 is 0 Å². The molecular weight excluding hydrogens is 326 g/mol. The average Bonchev–Trinajstić information content (AvgIpc) is 3.33. The smallest absolute Gasteiger partial charge is 0.267 e. The zero-order chi connectivity index (χ0) is 17.9. The standard InChI is InChI=1S/C21H27N3O2/c1-26-20-9-5-4-8-19(20)24-11-10-15(14-24)13-22-21(25)18-12-16-6-2-3-7-17(16)23-18/h4-5,8-9,12,15,23H,2-3,6-7,10-11,13-14H2,1H3,(H,22,25). The summed E-state index contributed by atoms with van der Waals surface area (Å²) in [6.07, 6.45) is 5.69. The van der Waals surface area contributed by atoms with Crippen molar-refractivity contribution in [2.75, 3.05) is 31.6 Å². The fourth-order valence-corrected chi connectivity index (χ4v) is 4.17. The van der Waals surface area contributed by atoms with E-state index in [0.717, 1.165) is 49.5 Å². The second-order valence-electron chi connectivity index (χ2n) is 7.38. The number of carbonyl (C=O) groups excluding carboxylic acids is 1. The van der Waals surface area contributed by atoms with Gasteiger partial charge in [-0.3, -0.25) is 4.79 Å². The minimum Gasteiger partial charge on any atom is -0.495 e. The normalized spacial score (nSPS) is 19.3. The summed E-state index contributed by atoms with van der Waals surface area (Å²) < 4.78 is 5.47. The molecule has 1 aliphatic heterocycles. The number of fused-ring (bicyclic) bond motifs is 1. The van der Waals surface area contributed by atoms with Gasteiger partial charge in [0.1, 0.15) is 11.4 Å². The molecule has 0 radical (unpaired) electrons. The van der Waals surface area contributed by atoms with E-state index in [2.05, 4.69) is 21.3 Å². The number of rotatable bonds is 5. The van der Waals surface area contributed by atoms with Crippen LogP contribution >= 0.6 is 0 Å². The molecule has 26 heavy (non-hydrogen) atoms. The van der Waals surface area contributed by atoms with Crippen LogP contribution in [0, 0.1) is 5.92 Å². The van der Waals surface area contributed by atoms with Crippen LogP contribution in [0.4, 0.5) is 5.69 Å². The molecule has 1 fully saturated rings. The first kappa shape index (κ1) is 17.0. The molecule has 2 heterocycles. The third-order valence-corrected chi connectivity index (χ3v) is 5.62. The fraction of sp³-hybridized carbons (Fsp3) is 0.476. The zero-order valence-corrected chi connectivity index (χ0v) is 15.4. The molecule has 2 aromatic rings. The number of hydrogen-bond donors (Lipinski definition) is 2. The van der Waals surface area contributed by atoms with Crippen molar-refractivity contribution in [2.24, 2.45) is 5.92 Å². The molecule has 1 unspecified atom stereocenters. The third-order valence-electron chi connectivity index (χ3n) is 5.62. The molecule has 1 atom stereocenters. The Balaban J connectivity index is 1.33. The van der Waals surface area contributed by atoms with E-state index in [4.69, 9.17) is 4.74 Å². The number of hydrogen-bond acceptors (Lipinski definition) is 3. The van der Waals surface area contributed by atoms with Crippen molar-refractivity contribution in [3.8, 4) is 5.75 Å². The molecule has 1 aromatic carbocycles. The largest absolute Gasteiger partial charge is 0.495 e. The first-order valence-electron chi connectivity index (χ1n) is 9.61. The quantitative estimate of drug-likeness (QED) is 0.868. The van der Waals surface area contributed by atoms with Gasteiger partial charge < -0.3 is 19.9 Å². The van der Waals surface area contributed by atoms with Gasteiger partial charge in [0.25, 0.3) is 5.91 Å². The SMILES string of the molecule is COc1ccccc1N1CCC(CNC(=O)c2cc3c([nH]2)CCCC3)C1. The summed E-state index contributed by atoms with van der Waals surface area (Å²) in [5.74, 6) is 1.40. The van der Waals surface area contributed by atoms with E-state index < -0.39 is 0 Å². The summed E-state index contributed by atoms with van der Waals surface area (Å²) in [4.78, 5) is 18.2. The predicted molar refractivity (Wildman–Crippen MR) is 103 cm³/mol. The highest BCUT2D eigenvalue weighted by atomic mass is 16.5. The Morgan fingerprint density at radius 1 is 1.31 bits per heavy atom. The number of para-hydroxylation sites is 2. The Kier molecular flexibility index (Phi) is 4.87. The van der Waals surface area contributed by atoms with Gasteiger partial charge in [-0.15, -0.1) is 0 Å². The van der Waals surface area contributed by atoms with E-state index >= 15 is 0 Å². The van der Waals surface area contributed by atoms with Crippen molar-refractivity contribution in [3.63, 3.8) is 0 Å². The van der Waals surface area contributed by atoms with Crippen LogP contribution in [0.5, 0.6) is 5.75 Å². The molecule has 5 nitrogen and oxygen atoms in total. The predicted octanol–water partition coefficient (Wildman–Crippen LogP) is 3.16. The van der Waals surface area contributed by atoms with Gasteiger partial charge in [-0.1, -0.05) is 12.1 Å². The minimum absolute atomic E-state index is 0.0233. The van der Waals surface area contributed by atoms with Crippen LogP contribution in [0.25, 0.3) is 0 Å². The lowest BCUT2D eigenvalue weighted by molar-refractivity contribution is 0.0943. The van der Waals surface area contributed by atoms with Gasteiger partial charge in [0.05, 0.1) is 12.8 Å². The number of amides is 1. The molecule has 2 aliphatic rings. The van der Waals surface area contributed by atoms with Gasteiger partial charge in [-0.2, -0.15) is 0 Å². The Morgan fingerprint density at radius 2 is 2.15 bits per heavy atom. The summed E-state index contributed by atoms with van der Waals surface area (Å²) in [6.45, 7) is 2.66.